The van der Waals surface area contributed by atoms with Crippen LogP contribution < -0.4 is 10.1 Å². The Balaban J connectivity index is 2.35. The first-order chi connectivity index (χ1) is 6.18. The van der Waals surface area contributed by atoms with E-state index in [0.29, 0.717) is 11.4 Å². The molecule has 2 rings (SSSR count). The summed E-state index contributed by atoms with van der Waals surface area (Å²) in [5.41, 5.74) is 0.696. The third-order valence-corrected chi connectivity index (χ3v) is 2.34. The Labute approximate surface area is 82.6 Å². The second kappa shape index (κ2) is 2.92. The lowest BCUT2D eigenvalue weighted by Crippen LogP contribution is -2.30. The molecule has 0 saturated carbocycles. The third kappa shape index (κ3) is 1.35. The summed E-state index contributed by atoms with van der Waals surface area (Å²) in [6.07, 6.45) is -0.978. The molecular weight excluding hydrogens is 238 g/mol. The molecule has 5 heteroatoms. The number of carbonyl (C=O) groups is 1. The van der Waals surface area contributed by atoms with Gasteiger partial charge in [0.1, 0.15) is 0 Å². The van der Waals surface area contributed by atoms with E-state index in [4.69, 9.17) is 9.84 Å². The van der Waals surface area contributed by atoms with Crippen LogP contribution in [0.4, 0.5) is 5.69 Å². The molecule has 0 amide bonds. The molecule has 0 unspecified atom stereocenters. The molecule has 0 fully saturated rings. The summed E-state index contributed by atoms with van der Waals surface area (Å²) in [4.78, 5) is 10.6. The van der Waals surface area contributed by atoms with Crippen molar-refractivity contribution in [3.05, 3.63) is 22.7 Å². The summed E-state index contributed by atoms with van der Waals surface area (Å²) in [6.45, 7) is 0. The first-order valence-electron chi connectivity index (χ1n) is 3.63. The van der Waals surface area contributed by atoms with Crippen molar-refractivity contribution in [3.8, 4) is 5.75 Å². The van der Waals surface area contributed by atoms with E-state index in [0.717, 1.165) is 4.47 Å². The van der Waals surface area contributed by atoms with Crippen LogP contribution >= 0.6 is 15.9 Å². The molecule has 0 spiro atoms. The average molecular weight is 244 g/mol. The van der Waals surface area contributed by atoms with E-state index in [1.165, 1.54) is 0 Å². The molecule has 68 valence electrons. The topological polar surface area (TPSA) is 58.6 Å². The Morgan fingerprint density at radius 1 is 1.62 bits per heavy atom. The van der Waals surface area contributed by atoms with Gasteiger partial charge in [0.15, 0.2) is 5.75 Å². The SMILES string of the molecule is O=C(O)[C@@H]1Nc2cccc(Br)c2O1. The maximum atomic E-state index is 10.6. The van der Waals surface area contributed by atoms with Gasteiger partial charge in [0, 0.05) is 0 Å². The number of anilines is 1. The minimum absolute atomic E-state index is 0.551. The number of fused-ring (bicyclic) bond motifs is 1. The normalized spacial score (nSPS) is 18.7. The van der Waals surface area contributed by atoms with Crippen LogP contribution in [0.5, 0.6) is 5.75 Å². The second-order valence-corrected chi connectivity index (χ2v) is 3.45. The summed E-state index contributed by atoms with van der Waals surface area (Å²) in [5, 5.41) is 11.4. The van der Waals surface area contributed by atoms with Gasteiger partial charge in [-0.05, 0) is 28.1 Å². The standard InChI is InChI=1S/C8H6BrNO3/c9-4-2-1-3-5-6(4)13-7(10-5)8(11)12/h1-3,7,10H,(H,11,12)/t7-/m1/s1. The lowest BCUT2D eigenvalue weighted by molar-refractivity contribution is -0.143. The zero-order chi connectivity index (χ0) is 9.42. The predicted octanol–water partition coefficient (Wildman–Crippen LogP) is 1.66. The summed E-state index contributed by atoms with van der Waals surface area (Å²) in [7, 11) is 0. The molecule has 2 N–H and O–H groups in total. The van der Waals surface area contributed by atoms with Crippen molar-refractivity contribution in [1.82, 2.24) is 0 Å². The van der Waals surface area contributed by atoms with Crippen LogP contribution in [0.3, 0.4) is 0 Å². The highest BCUT2D eigenvalue weighted by Gasteiger charge is 2.28. The Hall–Kier alpha value is -1.23. The van der Waals surface area contributed by atoms with E-state index in [1.807, 2.05) is 6.07 Å². The first kappa shape index (κ1) is 8.37. The fourth-order valence-electron chi connectivity index (χ4n) is 1.14. The Kier molecular flexibility index (Phi) is 1.88. The minimum Gasteiger partial charge on any atom is -0.477 e. The van der Waals surface area contributed by atoms with E-state index in [2.05, 4.69) is 21.2 Å². The number of hydrogen-bond acceptors (Lipinski definition) is 3. The van der Waals surface area contributed by atoms with Gasteiger partial charge in [0.05, 0.1) is 10.2 Å². The van der Waals surface area contributed by atoms with E-state index in [-0.39, 0.29) is 0 Å². The van der Waals surface area contributed by atoms with Gasteiger partial charge < -0.3 is 15.2 Å². The highest BCUT2D eigenvalue weighted by molar-refractivity contribution is 9.10. The van der Waals surface area contributed by atoms with E-state index >= 15 is 0 Å². The van der Waals surface area contributed by atoms with Crippen LogP contribution in [0.25, 0.3) is 0 Å². The van der Waals surface area contributed by atoms with Crippen molar-refractivity contribution in [3.63, 3.8) is 0 Å². The molecular formula is C8H6BrNO3. The second-order valence-electron chi connectivity index (χ2n) is 2.60. The number of aliphatic carboxylic acids is 1. The molecule has 0 saturated heterocycles. The van der Waals surface area contributed by atoms with Gasteiger partial charge >= 0.3 is 5.97 Å². The highest BCUT2D eigenvalue weighted by Crippen LogP contribution is 2.38. The number of hydrogen-bond donors (Lipinski definition) is 2. The molecule has 1 heterocycles. The lowest BCUT2D eigenvalue weighted by Gasteiger charge is -2.03. The number of carboxylic acid groups (broad SMARTS) is 1. The van der Waals surface area contributed by atoms with Crippen LogP contribution in [0.2, 0.25) is 0 Å². The summed E-state index contributed by atoms with van der Waals surface area (Å²) < 4.78 is 5.89. The van der Waals surface area contributed by atoms with Crippen LogP contribution in [0, 0.1) is 0 Å². The van der Waals surface area contributed by atoms with Crippen molar-refractivity contribution in [2.45, 2.75) is 6.23 Å². The highest BCUT2D eigenvalue weighted by atomic mass is 79.9. The fraction of sp³-hybridized carbons (Fsp3) is 0.125. The van der Waals surface area contributed by atoms with Crippen LogP contribution in [-0.4, -0.2) is 17.3 Å². The number of carboxylic acids is 1. The smallest absolute Gasteiger partial charge is 0.366 e. The monoisotopic (exact) mass is 243 g/mol. The quantitative estimate of drug-likeness (QED) is 0.788. The molecule has 13 heavy (non-hydrogen) atoms. The Morgan fingerprint density at radius 2 is 2.38 bits per heavy atom. The van der Waals surface area contributed by atoms with Crippen LogP contribution in [0.1, 0.15) is 0 Å². The number of benzene rings is 1. The zero-order valence-corrected chi connectivity index (χ0v) is 8.04. The Bertz CT molecular complexity index is 366. The molecule has 1 aliphatic heterocycles. The molecule has 4 nitrogen and oxygen atoms in total. The number of rotatable bonds is 1. The van der Waals surface area contributed by atoms with Gasteiger partial charge in [-0.15, -0.1) is 0 Å². The summed E-state index contributed by atoms with van der Waals surface area (Å²) in [6, 6.07) is 5.37. The fourth-order valence-corrected chi connectivity index (χ4v) is 1.60. The number of ether oxygens (including phenoxy) is 1. The molecule has 1 aromatic rings. The number of nitrogens with one attached hydrogen (secondary N) is 1. The maximum absolute atomic E-state index is 10.6. The van der Waals surface area contributed by atoms with Crippen molar-refractivity contribution in [1.29, 1.82) is 0 Å². The number of para-hydroxylation sites is 1. The molecule has 1 aromatic carbocycles. The summed E-state index contributed by atoms with van der Waals surface area (Å²) >= 11 is 3.27. The van der Waals surface area contributed by atoms with Crippen LogP contribution in [-0.2, 0) is 4.79 Å². The predicted molar refractivity (Wildman–Crippen MR) is 49.8 cm³/mol. The van der Waals surface area contributed by atoms with Gasteiger partial charge in [-0.25, -0.2) is 4.79 Å². The molecule has 1 atom stereocenters. The number of halogens is 1. The Morgan fingerprint density at radius 3 is 3.00 bits per heavy atom. The molecule has 0 radical (unpaired) electrons. The van der Waals surface area contributed by atoms with E-state index < -0.39 is 12.2 Å². The largest absolute Gasteiger partial charge is 0.477 e. The average Bonchev–Trinajstić information content (AvgIpc) is 2.49. The van der Waals surface area contributed by atoms with Crippen molar-refractivity contribution in [2.24, 2.45) is 0 Å². The van der Waals surface area contributed by atoms with Gasteiger partial charge in [0.25, 0.3) is 6.23 Å². The van der Waals surface area contributed by atoms with E-state index in [9.17, 15) is 4.79 Å². The summed E-state index contributed by atoms with van der Waals surface area (Å²) in [5.74, 6) is -0.474. The molecule has 0 aromatic heterocycles. The minimum atomic E-state index is -1.02. The van der Waals surface area contributed by atoms with Gasteiger partial charge in [-0.2, -0.15) is 0 Å². The maximum Gasteiger partial charge on any atom is 0.366 e. The van der Waals surface area contributed by atoms with Gasteiger partial charge in [-0.3, -0.25) is 0 Å². The molecule has 0 bridgehead atoms. The lowest BCUT2D eigenvalue weighted by atomic mass is 10.3. The molecule has 1 aliphatic rings. The first-order valence-corrected chi connectivity index (χ1v) is 4.42. The zero-order valence-electron chi connectivity index (χ0n) is 6.45. The molecule has 0 aliphatic carbocycles. The van der Waals surface area contributed by atoms with Gasteiger partial charge in [-0.1, -0.05) is 6.07 Å². The third-order valence-electron chi connectivity index (χ3n) is 1.71. The van der Waals surface area contributed by atoms with Crippen molar-refractivity contribution >= 4 is 27.6 Å². The van der Waals surface area contributed by atoms with Crippen LogP contribution in [0.15, 0.2) is 22.7 Å². The van der Waals surface area contributed by atoms with Crippen molar-refractivity contribution < 1.29 is 14.6 Å². The van der Waals surface area contributed by atoms with Gasteiger partial charge in [0.2, 0.25) is 0 Å². The van der Waals surface area contributed by atoms with Crippen molar-refractivity contribution in [2.75, 3.05) is 5.32 Å². The van der Waals surface area contributed by atoms with E-state index in [1.54, 1.807) is 12.1 Å².